The number of hydrogen-bond acceptors (Lipinski definition) is 2. The SMILES string of the molecule is CCOC(=O)C1C(CC(Cl)CC(Cl)(Cl)Cl)C1(C)C. The highest BCUT2D eigenvalue weighted by atomic mass is 35.6. The number of ether oxygens (including phenoxy) is 1. The third kappa shape index (κ3) is 4.33. The van der Waals surface area contributed by atoms with Crippen LogP contribution < -0.4 is 0 Å². The van der Waals surface area contributed by atoms with E-state index in [1.165, 1.54) is 0 Å². The van der Waals surface area contributed by atoms with Gasteiger partial charge < -0.3 is 4.74 Å². The summed E-state index contributed by atoms with van der Waals surface area (Å²) in [6.45, 7) is 6.28. The summed E-state index contributed by atoms with van der Waals surface area (Å²) >= 11 is 23.3. The molecule has 0 aliphatic heterocycles. The van der Waals surface area contributed by atoms with Crippen LogP contribution in [0.1, 0.15) is 33.6 Å². The van der Waals surface area contributed by atoms with E-state index < -0.39 is 3.79 Å². The lowest BCUT2D eigenvalue weighted by atomic mass is 10.1. The molecule has 1 aliphatic rings. The molecule has 0 aromatic heterocycles. The van der Waals surface area contributed by atoms with E-state index >= 15 is 0 Å². The van der Waals surface area contributed by atoms with Gasteiger partial charge in [-0.3, -0.25) is 4.79 Å². The molecule has 1 aliphatic carbocycles. The first-order chi connectivity index (χ1) is 8.09. The number of halogens is 4. The second-order valence-electron chi connectivity index (χ2n) is 5.31. The van der Waals surface area contributed by atoms with Gasteiger partial charge in [-0.25, -0.2) is 0 Å². The molecule has 0 aromatic rings. The van der Waals surface area contributed by atoms with Crippen LogP contribution >= 0.6 is 46.4 Å². The number of carbonyl (C=O) groups is 1. The van der Waals surface area contributed by atoms with Crippen LogP contribution in [0.4, 0.5) is 0 Å². The summed E-state index contributed by atoms with van der Waals surface area (Å²) in [4.78, 5) is 11.8. The summed E-state index contributed by atoms with van der Waals surface area (Å²) in [6, 6.07) is 0. The highest BCUT2D eigenvalue weighted by molar-refractivity contribution is 6.67. The van der Waals surface area contributed by atoms with Crippen molar-refractivity contribution in [1.29, 1.82) is 0 Å². The van der Waals surface area contributed by atoms with Crippen LogP contribution in [0.5, 0.6) is 0 Å². The fourth-order valence-electron chi connectivity index (χ4n) is 2.49. The molecule has 0 bridgehead atoms. The lowest BCUT2D eigenvalue weighted by molar-refractivity contribution is -0.145. The summed E-state index contributed by atoms with van der Waals surface area (Å²) in [5.74, 6) is -0.0364. The van der Waals surface area contributed by atoms with Crippen molar-refractivity contribution in [3.05, 3.63) is 0 Å². The molecule has 3 unspecified atom stereocenters. The predicted octanol–water partition coefficient (Wildman–Crippen LogP) is 4.58. The fraction of sp³-hybridized carbons (Fsp3) is 0.917. The Morgan fingerprint density at radius 1 is 1.39 bits per heavy atom. The smallest absolute Gasteiger partial charge is 0.309 e. The molecule has 1 rings (SSSR count). The second kappa shape index (κ2) is 5.95. The van der Waals surface area contributed by atoms with Crippen molar-refractivity contribution in [2.45, 2.75) is 42.8 Å². The molecule has 18 heavy (non-hydrogen) atoms. The van der Waals surface area contributed by atoms with Gasteiger partial charge in [-0.15, -0.1) is 11.6 Å². The number of carbonyl (C=O) groups excluding carboxylic acids is 1. The Morgan fingerprint density at radius 2 is 1.94 bits per heavy atom. The highest BCUT2D eigenvalue weighted by Crippen LogP contribution is 2.61. The van der Waals surface area contributed by atoms with Crippen molar-refractivity contribution in [2.24, 2.45) is 17.3 Å². The predicted molar refractivity (Wildman–Crippen MR) is 76.6 cm³/mol. The van der Waals surface area contributed by atoms with Gasteiger partial charge in [0.2, 0.25) is 0 Å². The summed E-state index contributed by atoms with van der Waals surface area (Å²) in [5, 5.41) is -0.249. The lowest BCUT2D eigenvalue weighted by Gasteiger charge is -2.15. The number of alkyl halides is 4. The fourth-order valence-corrected chi connectivity index (χ4v) is 3.71. The standard InChI is InChI=1S/C12H18Cl4O2/c1-4-18-10(17)9-8(11(9,2)3)5-7(13)6-12(14,15)16/h7-9H,4-6H2,1-3H3. The average molecular weight is 336 g/mol. The van der Waals surface area contributed by atoms with E-state index in [0.717, 1.165) is 0 Å². The minimum Gasteiger partial charge on any atom is -0.466 e. The average Bonchev–Trinajstić information content (AvgIpc) is 2.64. The molecule has 106 valence electrons. The number of hydrogen-bond donors (Lipinski definition) is 0. The van der Waals surface area contributed by atoms with Crippen molar-refractivity contribution in [1.82, 2.24) is 0 Å². The van der Waals surface area contributed by atoms with Crippen LogP contribution in [-0.2, 0) is 9.53 Å². The Morgan fingerprint density at radius 3 is 2.39 bits per heavy atom. The van der Waals surface area contributed by atoms with Gasteiger partial charge in [0.15, 0.2) is 3.79 Å². The lowest BCUT2D eigenvalue weighted by Crippen LogP contribution is -2.14. The van der Waals surface area contributed by atoms with E-state index in [9.17, 15) is 4.79 Å². The van der Waals surface area contributed by atoms with E-state index in [-0.39, 0.29) is 35.0 Å². The van der Waals surface area contributed by atoms with Gasteiger partial charge in [-0.1, -0.05) is 48.7 Å². The molecule has 0 aromatic carbocycles. The molecule has 3 atom stereocenters. The van der Waals surface area contributed by atoms with Crippen LogP contribution in [0.25, 0.3) is 0 Å². The van der Waals surface area contributed by atoms with Gasteiger partial charge in [0.1, 0.15) is 0 Å². The zero-order valence-electron chi connectivity index (χ0n) is 10.7. The Kier molecular flexibility index (Phi) is 5.51. The minimum absolute atomic E-state index is 0.0764. The molecule has 0 saturated heterocycles. The summed E-state index contributed by atoms with van der Waals surface area (Å²) in [5.41, 5.74) is -0.0764. The molecule has 6 heteroatoms. The van der Waals surface area contributed by atoms with E-state index in [0.29, 0.717) is 13.0 Å². The van der Waals surface area contributed by atoms with Gasteiger partial charge >= 0.3 is 5.97 Å². The Balaban J connectivity index is 2.51. The molecule has 0 spiro atoms. The van der Waals surface area contributed by atoms with Crippen LogP contribution in [-0.4, -0.2) is 21.7 Å². The van der Waals surface area contributed by atoms with Gasteiger partial charge in [0, 0.05) is 11.8 Å². The first-order valence-electron chi connectivity index (χ1n) is 5.97. The summed E-state index contributed by atoms with van der Waals surface area (Å²) in [6.07, 6.45) is 0.938. The van der Waals surface area contributed by atoms with Crippen molar-refractivity contribution in [3.63, 3.8) is 0 Å². The topological polar surface area (TPSA) is 26.3 Å². The first kappa shape index (κ1) is 16.7. The first-order valence-corrected chi connectivity index (χ1v) is 7.54. The second-order valence-corrected chi connectivity index (χ2v) is 8.44. The van der Waals surface area contributed by atoms with Crippen molar-refractivity contribution in [3.8, 4) is 0 Å². The molecule has 0 amide bonds. The van der Waals surface area contributed by atoms with Gasteiger partial charge in [-0.2, -0.15) is 0 Å². The maximum Gasteiger partial charge on any atom is 0.309 e. The Bertz CT molecular complexity index is 312. The number of rotatable bonds is 5. The Hall–Kier alpha value is 0.630. The molecule has 1 fully saturated rings. The maximum absolute atomic E-state index is 11.8. The van der Waals surface area contributed by atoms with E-state index in [1.54, 1.807) is 6.92 Å². The molecular weight excluding hydrogens is 318 g/mol. The van der Waals surface area contributed by atoms with Crippen LogP contribution in [0.2, 0.25) is 0 Å². The van der Waals surface area contributed by atoms with Crippen LogP contribution in [0.15, 0.2) is 0 Å². The monoisotopic (exact) mass is 334 g/mol. The minimum atomic E-state index is -1.34. The van der Waals surface area contributed by atoms with Crippen molar-refractivity contribution >= 4 is 52.4 Å². The normalized spacial score (nSPS) is 27.7. The zero-order valence-corrected chi connectivity index (χ0v) is 13.7. The number of esters is 1. The largest absolute Gasteiger partial charge is 0.466 e. The van der Waals surface area contributed by atoms with E-state index in [1.807, 2.05) is 13.8 Å². The molecule has 1 saturated carbocycles. The maximum atomic E-state index is 11.8. The third-order valence-corrected chi connectivity index (χ3v) is 4.35. The highest BCUT2D eigenvalue weighted by Gasteiger charge is 2.62. The van der Waals surface area contributed by atoms with Gasteiger partial charge in [0.05, 0.1) is 12.5 Å². The Labute approximate surface area is 128 Å². The summed E-state index contributed by atoms with van der Waals surface area (Å²) in [7, 11) is 0. The molecule has 0 heterocycles. The van der Waals surface area contributed by atoms with Gasteiger partial charge in [-0.05, 0) is 24.7 Å². The van der Waals surface area contributed by atoms with E-state index in [2.05, 4.69) is 0 Å². The van der Waals surface area contributed by atoms with Crippen LogP contribution in [0.3, 0.4) is 0 Å². The molecule has 0 radical (unpaired) electrons. The van der Waals surface area contributed by atoms with Gasteiger partial charge in [0.25, 0.3) is 0 Å². The molecule has 2 nitrogen and oxygen atoms in total. The zero-order chi connectivity index (χ0) is 14.1. The molecular formula is C12H18Cl4O2. The van der Waals surface area contributed by atoms with Crippen LogP contribution in [0, 0.1) is 17.3 Å². The quantitative estimate of drug-likeness (QED) is 0.543. The van der Waals surface area contributed by atoms with Crippen molar-refractivity contribution in [2.75, 3.05) is 6.61 Å². The van der Waals surface area contributed by atoms with Crippen molar-refractivity contribution < 1.29 is 9.53 Å². The van der Waals surface area contributed by atoms with E-state index in [4.69, 9.17) is 51.1 Å². The third-order valence-electron chi connectivity index (χ3n) is 3.55. The summed E-state index contributed by atoms with van der Waals surface area (Å²) < 4.78 is 3.71. The molecule has 0 N–H and O–H groups in total.